The highest BCUT2D eigenvalue weighted by atomic mass is 16.1. The lowest BCUT2D eigenvalue weighted by atomic mass is 9.99. The molecule has 0 saturated carbocycles. The van der Waals surface area contributed by atoms with Crippen LogP contribution in [0.1, 0.15) is 19.8 Å². The zero-order valence-electron chi connectivity index (χ0n) is 7.42. The largest absolute Gasteiger partial charge is 0.298 e. The number of hydrogen-bond donors (Lipinski definition) is 0. The van der Waals surface area contributed by atoms with Crippen LogP contribution in [0.3, 0.4) is 0 Å². The van der Waals surface area contributed by atoms with Crippen molar-refractivity contribution in [2.45, 2.75) is 19.8 Å². The molecule has 0 bridgehead atoms. The van der Waals surface area contributed by atoms with Crippen molar-refractivity contribution < 1.29 is 4.79 Å². The molecule has 0 radical (unpaired) electrons. The molecule has 0 N–H and O–H groups in total. The highest BCUT2D eigenvalue weighted by molar-refractivity contribution is 5.71. The Morgan fingerprint density at radius 2 is 2.58 bits per heavy atom. The first-order chi connectivity index (χ1) is 5.74. The van der Waals surface area contributed by atoms with Gasteiger partial charge in [-0.15, -0.1) is 0 Å². The van der Waals surface area contributed by atoms with Gasteiger partial charge in [-0.2, -0.15) is 0 Å². The van der Waals surface area contributed by atoms with E-state index in [9.17, 15) is 4.79 Å². The van der Waals surface area contributed by atoms with Crippen LogP contribution >= 0.6 is 0 Å². The van der Waals surface area contributed by atoms with Gasteiger partial charge in [0.2, 0.25) is 0 Å². The molecular weight excluding hydrogens is 148 g/mol. The highest BCUT2D eigenvalue weighted by Crippen LogP contribution is 2.25. The lowest BCUT2D eigenvalue weighted by molar-refractivity contribution is -0.104. The summed E-state index contributed by atoms with van der Waals surface area (Å²) in [4.78, 5) is 10.3. The minimum absolute atomic E-state index is 0.458. The fourth-order valence-corrected chi connectivity index (χ4v) is 1.28. The second kappa shape index (κ2) is 4.05. The number of carbonyl (C=O) groups excluding carboxylic acids is 1. The molecule has 1 rings (SSSR count). The maximum absolute atomic E-state index is 10.3. The van der Waals surface area contributed by atoms with Crippen LogP contribution in [0.5, 0.6) is 0 Å². The fourth-order valence-electron chi connectivity index (χ4n) is 1.28. The third-order valence-electron chi connectivity index (χ3n) is 2.15. The van der Waals surface area contributed by atoms with Crippen LogP contribution in [0.15, 0.2) is 36.0 Å². The lowest BCUT2D eigenvalue weighted by Gasteiger charge is -2.05. The predicted octanol–water partition coefficient (Wildman–Crippen LogP) is 2.65. The summed E-state index contributed by atoms with van der Waals surface area (Å²) in [7, 11) is 0. The van der Waals surface area contributed by atoms with E-state index >= 15 is 0 Å². The molecule has 1 atom stereocenters. The molecule has 0 fully saturated rings. The van der Waals surface area contributed by atoms with Crippen molar-refractivity contribution in [1.82, 2.24) is 0 Å². The molecule has 0 saturated heterocycles. The molecule has 1 aliphatic carbocycles. The van der Waals surface area contributed by atoms with Gasteiger partial charge in [-0.1, -0.05) is 30.4 Å². The van der Waals surface area contributed by atoms with Gasteiger partial charge in [0.15, 0.2) is 0 Å². The minimum atomic E-state index is 0.458. The van der Waals surface area contributed by atoms with Crippen molar-refractivity contribution in [2.24, 2.45) is 5.92 Å². The van der Waals surface area contributed by atoms with Gasteiger partial charge in [0.25, 0.3) is 0 Å². The first-order valence-electron chi connectivity index (χ1n) is 4.20. The summed E-state index contributed by atoms with van der Waals surface area (Å²) < 4.78 is 0. The van der Waals surface area contributed by atoms with Crippen LogP contribution in [0.25, 0.3) is 0 Å². The summed E-state index contributed by atoms with van der Waals surface area (Å²) in [5.74, 6) is 0.458. The van der Waals surface area contributed by atoms with E-state index < -0.39 is 0 Å². The number of allylic oxidation sites excluding steroid dienone is 5. The molecule has 64 valence electrons. The van der Waals surface area contributed by atoms with Gasteiger partial charge >= 0.3 is 0 Å². The highest BCUT2D eigenvalue weighted by Gasteiger charge is 2.11. The van der Waals surface area contributed by atoms with Gasteiger partial charge in [-0.3, -0.25) is 4.79 Å². The molecule has 0 aromatic heterocycles. The van der Waals surface area contributed by atoms with E-state index in [2.05, 4.69) is 18.7 Å². The van der Waals surface area contributed by atoms with Crippen molar-refractivity contribution in [1.29, 1.82) is 0 Å². The van der Waals surface area contributed by atoms with Crippen molar-refractivity contribution in [3.8, 4) is 0 Å². The lowest BCUT2D eigenvalue weighted by Crippen LogP contribution is -1.93. The van der Waals surface area contributed by atoms with Crippen LogP contribution in [0.2, 0.25) is 0 Å². The normalized spacial score (nSPS) is 23.2. The molecule has 0 aromatic rings. The van der Waals surface area contributed by atoms with E-state index in [0.29, 0.717) is 5.92 Å². The zero-order chi connectivity index (χ0) is 8.97. The summed E-state index contributed by atoms with van der Waals surface area (Å²) in [6.45, 7) is 5.79. The molecule has 0 aromatic carbocycles. The van der Waals surface area contributed by atoms with E-state index in [0.717, 1.165) is 24.7 Å². The van der Waals surface area contributed by atoms with Gasteiger partial charge in [0.05, 0.1) is 0 Å². The number of rotatable bonds is 3. The van der Waals surface area contributed by atoms with Crippen molar-refractivity contribution in [3.05, 3.63) is 36.0 Å². The van der Waals surface area contributed by atoms with Crippen LogP contribution in [-0.2, 0) is 4.79 Å². The van der Waals surface area contributed by atoms with Crippen molar-refractivity contribution in [3.63, 3.8) is 0 Å². The minimum Gasteiger partial charge on any atom is -0.298 e. The molecule has 1 heteroatoms. The Labute approximate surface area is 73.5 Å². The summed E-state index contributed by atoms with van der Waals surface area (Å²) in [5, 5.41) is 0. The summed E-state index contributed by atoms with van der Waals surface area (Å²) >= 11 is 0. The topological polar surface area (TPSA) is 17.1 Å². The fraction of sp³-hybridized carbons (Fsp3) is 0.364. The van der Waals surface area contributed by atoms with E-state index in [1.807, 2.05) is 13.0 Å². The second-order valence-electron chi connectivity index (χ2n) is 3.20. The summed E-state index contributed by atoms with van der Waals surface area (Å²) in [6.07, 6.45) is 9.08. The Balaban J connectivity index is 2.46. The first kappa shape index (κ1) is 8.98. The van der Waals surface area contributed by atoms with Gasteiger partial charge in [-0.05, 0) is 25.3 Å². The van der Waals surface area contributed by atoms with Gasteiger partial charge < -0.3 is 0 Å². The Kier molecular flexibility index (Phi) is 3.03. The van der Waals surface area contributed by atoms with Crippen molar-refractivity contribution >= 4 is 6.29 Å². The van der Waals surface area contributed by atoms with E-state index in [1.54, 1.807) is 0 Å². The zero-order valence-corrected chi connectivity index (χ0v) is 7.42. The Hall–Kier alpha value is -1.11. The van der Waals surface area contributed by atoms with Crippen LogP contribution in [0.4, 0.5) is 0 Å². The maximum atomic E-state index is 10.3. The molecule has 1 nitrogen and oxygen atoms in total. The monoisotopic (exact) mass is 162 g/mol. The van der Waals surface area contributed by atoms with Gasteiger partial charge in [0.1, 0.15) is 6.29 Å². The number of carbonyl (C=O) groups is 1. The van der Waals surface area contributed by atoms with Gasteiger partial charge in [0, 0.05) is 5.92 Å². The van der Waals surface area contributed by atoms with E-state index in [-0.39, 0.29) is 0 Å². The SMILES string of the molecule is C=C1CC=CC1C/C=C(\C)C=O. The molecule has 0 spiro atoms. The Bertz CT molecular complexity index is 246. The summed E-state index contributed by atoms with van der Waals surface area (Å²) in [5.41, 5.74) is 2.06. The van der Waals surface area contributed by atoms with E-state index in [4.69, 9.17) is 0 Å². The molecule has 0 heterocycles. The van der Waals surface area contributed by atoms with Gasteiger partial charge in [-0.25, -0.2) is 0 Å². The molecule has 0 aliphatic heterocycles. The maximum Gasteiger partial charge on any atom is 0.145 e. The smallest absolute Gasteiger partial charge is 0.145 e. The summed E-state index contributed by atoms with van der Waals surface area (Å²) in [6, 6.07) is 0. The molecular formula is C11H14O. The first-order valence-corrected chi connectivity index (χ1v) is 4.20. The number of hydrogen-bond acceptors (Lipinski definition) is 1. The number of aldehydes is 1. The average Bonchev–Trinajstić information content (AvgIpc) is 2.47. The standard InChI is InChI=1S/C11H14O/c1-9(8-12)6-7-11-5-3-4-10(11)2/h3,5-6,8,11H,2,4,7H2,1H3/b9-6+. The predicted molar refractivity (Wildman–Crippen MR) is 50.8 cm³/mol. The molecule has 0 amide bonds. The van der Waals surface area contributed by atoms with Crippen LogP contribution < -0.4 is 0 Å². The van der Waals surface area contributed by atoms with Crippen LogP contribution in [-0.4, -0.2) is 6.29 Å². The quantitative estimate of drug-likeness (QED) is 0.354. The Morgan fingerprint density at radius 3 is 3.08 bits per heavy atom. The van der Waals surface area contributed by atoms with Crippen LogP contribution in [0, 0.1) is 5.92 Å². The second-order valence-corrected chi connectivity index (χ2v) is 3.20. The van der Waals surface area contributed by atoms with E-state index in [1.165, 1.54) is 5.57 Å². The Morgan fingerprint density at radius 1 is 1.83 bits per heavy atom. The molecule has 1 unspecified atom stereocenters. The third-order valence-corrected chi connectivity index (χ3v) is 2.15. The molecule has 1 aliphatic rings. The van der Waals surface area contributed by atoms with Crippen molar-refractivity contribution in [2.75, 3.05) is 0 Å². The molecule has 12 heavy (non-hydrogen) atoms. The third kappa shape index (κ3) is 2.19. The average molecular weight is 162 g/mol.